The average molecular weight is 548 g/mol. The molecule has 41 heavy (non-hydrogen) atoms. The molecule has 0 saturated heterocycles. The van der Waals surface area contributed by atoms with Gasteiger partial charge in [-0.05, 0) is 54.1 Å². The van der Waals surface area contributed by atoms with Gasteiger partial charge in [-0.3, -0.25) is 19.9 Å². The van der Waals surface area contributed by atoms with Crippen molar-refractivity contribution >= 4 is 18.3 Å². The Bertz CT molecular complexity index is 1660. The lowest BCUT2D eigenvalue weighted by molar-refractivity contribution is -0.108. The van der Waals surface area contributed by atoms with Gasteiger partial charge in [-0.2, -0.15) is 0 Å². The number of nitrogens with one attached hydrogen (secondary N) is 2. The zero-order valence-corrected chi connectivity index (χ0v) is 22.0. The highest BCUT2D eigenvalue weighted by molar-refractivity contribution is 5.98. The van der Waals surface area contributed by atoms with Crippen molar-refractivity contribution in [3.8, 4) is 45.9 Å². The fourth-order valence-corrected chi connectivity index (χ4v) is 4.45. The van der Waals surface area contributed by atoms with E-state index in [4.69, 9.17) is 4.74 Å². The first-order valence-electron chi connectivity index (χ1n) is 12.6. The van der Waals surface area contributed by atoms with Gasteiger partial charge in [0, 0.05) is 41.2 Å². The lowest BCUT2D eigenvalue weighted by Gasteiger charge is -2.21. The fraction of sp³-hybridized carbons (Fsp3) is 0.129. The van der Waals surface area contributed by atoms with Crippen LogP contribution in [-0.2, 0) is 11.3 Å². The number of carbonyl (C=O) groups excluding carboxylic acids is 3. The summed E-state index contributed by atoms with van der Waals surface area (Å²) in [6.45, 7) is 0.462. The van der Waals surface area contributed by atoms with Crippen LogP contribution in [0.2, 0.25) is 0 Å². The van der Waals surface area contributed by atoms with E-state index in [1.165, 1.54) is 7.11 Å². The molecule has 204 valence electrons. The van der Waals surface area contributed by atoms with E-state index in [2.05, 4.69) is 27.1 Å². The summed E-state index contributed by atoms with van der Waals surface area (Å²) in [7, 11) is 1.53. The number of pyridine rings is 2. The summed E-state index contributed by atoms with van der Waals surface area (Å²) >= 11 is 0. The molecule has 4 amide bonds. The molecule has 0 unspecified atom stereocenters. The molecule has 5 rings (SSSR count). The first-order chi connectivity index (χ1) is 19.9. The Morgan fingerprint density at radius 3 is 2.61 bits per heavy atom. The van der Waals surface area contributed by atoms with Crippen molar-refractivity contribution in [1.82, 2.24) is 25.5 Å². The van der Waals surface area contributed by atoms with Gasteiger partial charge in [-0.25, -0.2) is 9.78 Å². The first kappa shape index (κ1) is 26.9. The van der Waals surface area contributed by atoms with Crippen molar-refractivity contribution in [3.05, 3.63) is 95.8 Å². The molecule has 10 heteroatoms. The van der Waals surface area contributed by atoms with Crippen molar-refractivity contribution in [3.63, 3.8) is 0 Å². The van der Waals surface area contributed by atoms with Crippen molar-refractivity contribution in [2.45, 2.75) is 12.6 Å². The quantitative estimate of drug-likeness (QED) is 0.239. The molecule has 3 N–H and O–H groups in total. The van der Waals surface area contributed by atoms with Crippen LogP contribution >= 0.6 is 0 Å². The van der Waals surface area contributed by atoms with Gasteiger partial charge in [0.15, 0.2) is 0 Å². The second-order valence-electron chi connectivity index (χ2n) is 9.14. The van der Waals surface area contributed by atoms with Gasteiger partial charge >= 0.3 is 6.03 Å². The van der Waals surface area contributed by atoms with Gasteiger partial charge in [-0.15, -0.1) is 0 Å². The Morgan fingerprint density at radius 2 is 1.88 bits per heavy atom. The zero-order valence-electron chi connectivity index (χ0n) is 22.0. The number of hydrogen-bond donors (Lipinski definition) is 3. The maximum atomic E-state index is 13.0. The molecule has 3 heterocycles. The van der Waals surface area contributed by atoms with Gasteiger partial charge in [0.25, 0.3) is 5.91 Å². The second-order valence-corrected chi connectivity index (χ2v) is 9.14. The summed E-state index contributed by atoms with van der Waals surface area (Å²) < 4.78 is 5.23. The Balaban J connectivity index is 1.35. The van der Waals surface area contributed by atoms with Gasteiger partial charge < -0.3 is 20.1 Å². The predicted octanol–water partition coefficient (Wildman–Crippen LogP) is 3.36. The third-order valence-corrected chi connectivity index (χ3v) is 6.49. The summed E-state index contributed by atoms with van der Waals surface area (Å²) in [5.74, 6) is 6.44. The zero-order chi connectivity index (χ0) is 28.8. The molecule has 2 aromatic heterocycles. The smallest absolute Gasteiger partial charge is 0.322 e. The minimum Gasteiger partial charge on any atom is -0.506 e. The lowest BCUT2D eigenvalue weighted by atomic mass is 10.1. The Hall–Kier alpha value is -5.69. The molecule has 0 saturated carbocycles. The Labute approximate surface area is 236 Å². The van der Waals surface area contributed by atoms with E-state index in [1.807, 2.05) is 23.5 Å². The molecule has 2 aromatic carbocycles. The number of benzene rings is 2. The van der Waals surface area contributed by atoms with E-state index >= 15 is 0 Å². The van der Waals surface area contributed by atoms with E-state index in [9.17, 15) is 19.5 Å². The summed E-state index contributed by atoms with van der Waals surface area (Å²) in [4.78, 5) is 46.1. The van der Waals surface area contributed by atoms with Crippen LogP contribution in [0, 0.1) is 11.8 Å². The molecular weight excluding hydrogens is 522 g/mol. The van der Waals surface area contributed by atoms with E-state index in [0.29, 0.717) is 40.4 Å². The number of aromatic nitrogens is 2. The molecule has 1 atom stereocenters. The molecule has 1 aliphatic rings. The molecule has 0 fully saturated rings. The van der Waals surface area contributed by atoms with Crippen LogP contribution < -0.4 is 15.4 Å². The number of methoxy groups -OCH3 is 1. The third-order valence-electron chi connectivity index (χ3n) is 6.49. The van der Waals surface area contributed by atoms with E-state index in [-0.39, 0.29) is 24.6 Å². The Kier molecular flexibility index (Phi) is 7.88. The van der Waals surface area contributed by atoms with Crippen molar-refractivity contribution in [1.29, 1.82) is 0 Å². The minimum atomic E-state index is -0.766. The number of urea groups is 1. The highest BCUT2D eigenvalue weighted by atomic mass is 16.5. The maximum Gasteiger partial charge on any atom is 0.322 e. The number of ether oxygens (including phenoxy) is 1. The van der Waals surface area contributed by atoms with Crippen LogP contribution in [0.4, 0.5) is 4.79 Å². The normalized spacial score (nSPS) is 12.5. The summed E-state index contributed by atoms with van der Waals surface area (Å²) in [5, 5.41) is 15.1. The van der Waals surface area contributed by atoms with Crippen LogP contribution in [0.1, 0.15) is 21.5 Å². The number of hydrogen-bond acceptors (Lipinski definition) is 7. The number of aromatic hydroxyl groups is 1. The topological polar surface area (TPSA) is 134 Å². The summed E-state index contributed by atoms with van der Waals surface area (Å²) in [6.07, 6.45) is 3.63. The maximum absolute atomic E-state index is 13.0. The predicted molar refractivity (Wildman–Crippen MR) is 151 cm³/mol. The molecular formula is C31H25N5O5. The average Bonchev–Trinajstić information content (AvgIpc) is 3.31. The van der Waals surface area contributed by atoms with Crippen LogP contribution in [0.15, 0.2) is 79.1 Å². The molecule has 0 spiro atoms. The fourth-order valence-electron chi connectivity index (χ4n) is 4.45. The summed E-state index contributed by atoms with van der Waals surface area (Å²) in [6, 6.07) is 18.0. The number of imide groups is 1. The highest BCUT2D eigenvalue weighted by Crippen LogP contribution is 2.30. The molecule has 10 nitrogen and oxygen atoms in total. The number of amides is 4. The number of rotatable bonds is 7. The van der Waals surface area contributed by atoms with Crippen molar-refractivity contribution in [2.75, 3.05) is 13.7 Å². The monoisotopic (exact) mass is 547 g/mol. The first-order valence-corrected chi connectivity index (χ1v) is 12.6. The van der Waals surface area contributed by atoms with Crippen LogP contribution in [0.3, 0.4) is 0 Å². The molecule has 0 aliphatic carbocycles. The lowest BCUT2D eigenvalue weighted by Crippen LogP contribution is -2.46. The molecule has 0 radical (unpaired) electrons. The SMILES string of the molecule is COc1ccc2c(c1)C(=O)N(C[C@@H](C#Cc1ccc(-c3nc(-c4ccncc4)ccc3O)cc1)NC(=O)NC=O)C2. The largest absolute Gasteiger partial charge is 0.506 e. The van der Waals surface area contributed by atoms with Gasteiger partial charge in [0.2, 0.25) is 6.41 Å². The summed E-state index contributed by atoms with van der Waals surface area (Å²) in [5.41, 5.74) is 4.71. The van der Waals surface area contributed by atoms with Crippen LogP contribution in [0.25, 0.3) is 22.5 Å². The molecule has 1 aliphatic heterocycles. The van der Waals surface area contributed by atoms with Gasteiger partial charge in [0.05, 0.1) is 19.3 Å². The van der Waals surface area contributed by atoms with Gasteiger partial charge in [0.1, 0.15) is 23.2 Å². The third kappa shape index (κ3) is 6.15. The number of carbonyl (C=O) groups is 3. The second kappa shape index (κ2) is 12.0. The molecule has 0 bridgehead atoms. The van der Waals surface area contributed by atoms with Crippen LogP contribution in [0.5, 0.6) is 11.5 Å². The van der Waals surface area contributed by atoms with Crippen molar-refractivity contribution in [2.24, 2.45) is 0 Å². The minimum absolute atomic E-state index is 0.0426. The highest BCUT2D eigenvalue weighted by Gasteiger charge is 2.29. The van der Waals surface area contributed by atoms with Crippen LogP contribution in [-0.4, -0.2) is 58.0 Å². The van der Waals surface area contributed by atoms with E-state index in [0.717, 1.165) is 11.1 Å². The van der Waals surface area contributed by atoms with E-state index < -0.39 is 12.1 Å². The molecule has 4 aromatic rings. The van der Waals surface area contributed by atoms with Crippen molar-refractivity contribution < 1.29 is 24.2 Å². The Morgan fingerprint density at radius 1 is 1.10 bits per heavy atom. The van der Waals surface area contributed by atoms with E-state index in [1.54, 1.807) is 65.8 Å². The van der Waals surface area contributed by atoms with Gasteiger partial charge in [-0.1, -0.05) is 30.0 Å². The number of fused-ring (bicyclic) bond motifs is 1. The standard InChI is InChI=1S/C31H25N5O5/c1-41-25-9-7-23-17-36(30(39)26(23)16-25)18-24(34-31(40)33-19-37)8-4-20-2-5-22(6-3-20)29-28(38)11-10-27(35-29)21-12-14-32-15-13-21/h2-3,5-7,9-16,19,24,38H,17-18H2,1H3,(H2,33,34,37,40)/t24-/m1/s1. The number of nitrogens with zero attached hydrogens (tertiary/aromatic N) is 3.